The van der Waals surface area contributed by atoms with Crippen molar-refractivity contribution in [3.8, 4) is 0 Å². The van der Waals surface area contributed by atoms with Crippen LogP contribution in [0.25, 0.3) is 0 Å². The Kier molecular flexibility index (Phi) is 8.82. The van der Waals surface area contributed by atoms with Gasteiger partial charge in [0.05, 0.1) is 0 Å². The molecule has 30 heavy (non-hydrogen) atoms. The van der Waals surface area contributed by atoms with Gasteiger partial charge in [0.2, 0.25) is 5.91 Å². The van der Waals surface area contributed by atoms with Crippen LogP contribution in [0.2, 0.25) is 5.02 Å². The highest BCUT2D eigenvalue weighted by atomic mass is 35.5. The standard InChI is InChI=1S/C23H35ClN4O2/c1-18-6-2-3-12-27(18)13-5-11-25-22(29)16-19-9-14-28(15-10-19)23(30)26-21-8-4-7-20(24)17-21/h4,7-8,17-19H,2-3,5-6,9-16H2,1H3,(H,25,29)(H,26,30)/t18-/m0/s1. The van der Waals surface area contributed by atoms with Crippen molar-refractivity contribution in [1.29, 1.82) is 0 Å². The van der Waals surface area contributed by atoms with Crippen LogP contribution in [0.3, 0.4) is 0 Å². The molecule has 3 rings (SSSR count). The zero-order chi connectivity index (χ0) is 21.3. The Hall–Kier alpha value is -1.79. The van der Waals surface area contributed by atoms with Gasteiger partial charge in [-0.25, -0.2) is 4.79 Å². The monoisotopic (exact) mass is 434 g/mol. The Bertz CT molecular complexity index is 706. The molecule has 0 bridgehead atoms. The van der Waals surface area contributed by atoms with Gasteiger partial charge >= 0.3 is 6.03 Å². The number of amides is 3. The van der Waals surface area contributed by atoms with Gasteiger partial charge in [-0.15, -0.1) is 0 Å². The Morgan fingerprint density at radius 1 is 1.13 bits per heavy atom. The van der Waals surface area contributed by atoms with E-state index in [4.69, 9.17) is 11.6 Å². The topological polar surface area (TPSA) is 64.7 Å². The van der Waals surface area contributed by atoms with Crippen LogP contribution in [0.5, 0.6) is 0 Å². The zero-order valence-electron chi connectivity index (χ0n) is 18.0. The highest BCUT2D eigenvalue weighted by Crippen LogP contribution is 2.22. The number of urea groups is 1. The summed E-state index contributed by atoms with van der Waals surface area (Å²) < 4.78 is 0. The molecule has 1 atom stereocenters. The minimum absolute atomic E-state index is 0.105. The number of likely N-dealkylation sites (tertiary alicyclic amines) is 2. The molecule has 2 aliphatic heterocycles. The average molecular weight is 435 g/mol. The third kappa shape index (κ3) is 7.17. The van der Waals surface area contributed by atoms with Gasteiger partial charge in [-0.3, -0.25) is 4.79 Å². The van der Waals surface area contributed by atoms with E-state index in [1.807, 2.05) is 17.0 Å². The summed E-state index contributed by atoms with van der Waals surface area (Å²) in [6, 6.07) is 7.73. The third-order valence-electron chi connectivity index (χ3n) is 6.34. The molecule has 2 saturated heterocycles. The lowest BCUT2D eigenvalue weighted by Crippen LogP contribution is -2.42. The van der Waals surface area contributed by atoms with Crippen molar-refractivity contribution in [2.75, 3.05) is 38.0 Å². The number of carbonyl (C=O) groups excluding carboxylic acids is 2. The van der Waals surface area contributed by atoms with Crippen LogP contribution in [-0.2, 0) is 4.79 Å². The smallest absolute Gasteiger partial charge is 0.321 e. The van der Waals surface area contributed by atoms with Crippen molar-refractivity contribution in [1.82, 2.24) is 15.1 Å². The second-order valence-electron chi connectivity index (χ2n) is 8.66. The summed E-state index contributed by atoms with van der Waals surface area (Å²) in [4.78, 5) is 29.1. The molecule has 1 aromatic carbocycles. The van der Waals surface area contributed by atoms with Crippen molar-refractivity contribution in [2.24, 2.45) is 5.92 Å². The number of benzene rings is 1. The third-order valence-corrected chi connectivity index (χ3v) is 6.57. The lowest BCUT2D eigenvalue weighted by molar-refractivity contribution is -0.122. The number of hydrogen-bond acceptors (Lipinski definition) is 3. The van der Waals surface area contributed by atoms with E-state index >= 15 is 0 Å². The van der Waals surface area contributed by atoms with E-state index < -0.39 is 0 Å². The number of piperidine rings is 2. The van der Waals surface area contributed by atoms with Gasteiger partial charge in [0, 0.05) is 49.4 Å². The molecule has 2 heterocycles. The Balaban J connectivity index is 1.29. The van der Waals surface area contributed by atoms with Crippen LogP contribution < -0.4 is 10.6 Å². The molecule has 0 saturated carbocycles. The highest BCUT2D eigenvalue weighted by Gasteiger charge is 2.24. The highest BCUT2D eigenvalue weighted by molar-refractivity contribution is 6.30. The maximum atomic E-state index is 12.4. The van der Waals surface area contributed by atoms with Gasteiger partial charge in [-0.2, -0.15) is 0 Å². The summed E-state index contributed by atoms with van der Waals surface area (Å²) in [6.07, 6.45) is 7.23. The van der Waals surface area contributed by atoms with Gasteiger partial charge in [-0.1, -0.05) is 24.1 Å². The van der Waals surface area contributed by atoms with E-state index in [0.29, 0.717) is 42.2 Å². The van der Waals surface area contributed by atoms with E-state index in [-0.39, 0.29) is 11.9 Å². The molecule has 166 valence electrons. The van der Waals surface area contributed by atoms with Crippen LogP contribution in [0.4, 0.5) is 10.5 Å². The maximum absolute atomic E-state index is 12.4. The van der Waals surface area contributed by atoms with E-state index in [1.54, 1.807) is 12.1 Å². The van der Waals surface area contributed by atoms with Gasteiger partial charge in [0.1, 0.15) is 0 Å². The molecule has 6 nitrogen and oxygen atoms in total. The minimum atomic E-state index is -0.105. The summed E-state index contributed by atoms with van der Waals surface area (Å²) in [5, 5.41) is 6.58. The number of nitrogens with one attached hydrogen (secondary N) is 2. The Labute approximate surface area is 185 Å². The van der Waals surface area contributed by atoms with Gasteiger partial charge in [0.25, 0.3) is 0 Å². The molecule has 0 aromatic heterocycles. The number of anilines is 1. The number of nitrogens with zero attached hydrogens (tertiary/aromatic N) is 2. The number of halogens is 1. The predicted octanol–water partition coefficient (Wildman–Crippen LogP) is 4.35. The number of carbonyl (C=O) groups is 2. The van der Waals surface area contributed by atoms with Gasteiger partial charge in [0.15, 0.2) is 0 Å². The molecule has 1 aromatic rings. The first kappa shape index (κ1) is 22.9. The Morgan fingerprint density at radius 3 is 2.67 bits per heavy atom. The second kappa shape index (κ2) is 11.6. The van der Waals surface area contributed by atoms with E-state index in [0.717, 1.165) is 32.4 Å². The fourth-order valence-corrected chi connectivity index (χ4v) is 4.63. The summed E-state index contributed by atoms with van der Waals surface area (Å²) >= 11 is 5.97. The van der Waals surface area contributed by atoms with Crippen LogP contribution in [0, 0.1) is 5.92 Å². The quantitative estimate of drug-likeness (QED) is 0.627. The minimum Gasteiger partial charge on any atom is -0.356 e. The number of rotatable bonds is 7. The fourth-order valence-electron chi connectivity index (χ4n) is 4.44. The summed E-state index contributed by atoms with van der Waals surface area (Å²) in [7, 11) is 0. The first-order valence-electron chi connectivity index (χ1n) is 11.3. The lowest BCUT2D eigenvalue weighted by atomic mass is 9.93. The van der Waals surface area contributed by atoms with Crippen LogP contribution >= 0.6 is 11.6 Å². The SMILES string of the molecule is C[C@H]1CCCCN1CCCNC(=O)CC1CCN(C(=O)Nc2cccc(Cl)c2)CC1. The summed E-state index contributed by atoms with van der Waals surface area (Å²) in [5.74, 6) is 0.492. The molecule has 2 N–H and O–H groups in total. The largest absolute Gasteiger partial charge is 0.356 e. The van der Waals surface area contributed by atoms with Crippen LogP contribution in [-0.4, -0.2) is 60.5 Å². The maximum Gasteiger partial charge on any atom is 0.321 e. The normalized spacial score (nSPS) is 20.7. The lowest BCUT2D eigenvalue weighted by Gasteiger charge is -2.33. The Morgan fingerprint density at radius 2 is 1.93 bits per heavy atom. The number of hydrogen-bond donors (Lipinski definition) is 2. The van der Waals surface area contributed by atoms with Crippen molar-refractivity contribution in [3.63, 3.8) is 0 Å². The van der Waals surface area contributed by atoms with Gasteiger partial charge in [-0.05, 0) is 69.7 Å². The molecular formula is C23H35ClN4O2. The first-order valence-corrected chi connectivity index (χ1v) is 11.7. The summed E-state index contributed by atoms with van der Waals surface area (Å²) in [5.41, 5.74) is 0.702. The molecule has 0 spiro atoms. The van der Waals surface area contributed by atoms with Crippen molar-refractivity contribution in [3.05, 3.63) is 29.3 Å². The predicted molar refractivity (Wildman–Crippen MR) is 122 cm³/mol. The van der Waals surface area contributed by atoms with Crippen LogP contribution in [0.1, 0.15) is 51.9 Å². The molecule has 2 fully saturated rings. The first-order chi connectivity index (χ1) is 14.5. The molecule has 7 heteroatoms. The zero-order valence-corrected chi connectivity index (χ0v) is 18.8. The van der Waals surface area contributed by atoms with Crippen molar-refractivity contribution >= 4 is 29.2 Å². The summed E-state index contributed by atoms with van der Waals surface area (Å²) in [6.45, 7) is 6.68. The van der Waals surface area contributed by atoms with E-state index in [2.05, 4.69) is 22.5 Å². The van der Waals surface area contributed by atoms with E-state index in [9.17, 15) is 9.59 Å². The average Bonchev–Trinajstić information content (AvgIpc) is 2.73. The fraction of sp³-hybridized carbons (Fsp3) is 0.652. The molecular weight excluding hydrogens is 400 g/mol. The molecule has 0 radical (unpaired) electrons. The van der Waals surface area contributed by atoms with Crippen molar-refractivity contribution in [2.45, 2.75) is 57.9 Å². The molecule has 0 aliphatic carbocycles. The molecule has 0 unspecified atom stereocenters. The second-order valence-corrected chi connectivity index (χ2v) is 9.10. The van der Waals surface area contributed by atoms with E-state index in [1.165, 1.54) is 25.8 Å². The van der Waals surface area contributed by atoms with Crippen LogP contribution in [0.15, 0.2) is 24.3 Å². The van der Waals surface area contributed by atoms with Crippen molar-refractivity contribution < 1.29 is 9.59 Å². The molecule has 2 aliphatic rings. The molecule has 3 amide bonds. The van der Waals surface area contributed by atoms with Gasteiger partial charge < -0.3 is 20.4 Å².